The zero-order valence-corrected chi connectivity index (χ0v) is 16.0. The Kier molecular flexibility index (Phi) is 4.68. The number of nitrogens with one attached hydrogen (secondary N) is 2. The number of anilines is 1. The van der Waals surface area contributed by atoms with Crippen molar-refractivity contribution in [2.75, 3.05) is 5.32 Å². The Balaban J connectivity index is 1.98. The molecule has 3 amide bonds. The van der Waals surface area contributed by atoms with Crippen molar-refractivity contribution in [3.05, 3.63) is 11.8 Å². The normalized spacial score (nSPS) is 19.9. The summed E-state index contributed by atoms with van der Waals surface area (Å²) in [7, 11) is 0. The molecule has 0 spiro atoms. The second-order valence-corrected chi connectivity index (χ2v) is 8.13. The van der Waals surface area contributed by atoms with Crippen LogP contribution in [0.3, 0.4) is 0 Å². The first-order valence-corrected chi connectivity index (χ1v) is 9.03. The van der Waals surface area contributed by atoms with E-state index in [2.05, 4.69) is 25.7 Å². The van der Waals surface area contributed by atoms with Crippen LogP contribution in [0.2, 0.25) is 0 Å². The van der Waals surface area contributed by atoms with Crippen molar-refractivity contribution >= 4 is 29.4 Å². The lowest BCUT2D eigenvalue weighted by molar-refractivity contribution is -0.119. The summed E-state index contributed by atoms with van der Waals surface area (Å²) >= 11 is 0. The maximum Gasteiger partial charge on any atom is 0.320 e. The van der Waals surface area contributed by atoms with E-state index in [1.807, 2.05) is 34.6 Å². The minimum absolute atomic E-state index is 0.00143. The van der Waals surface area contributed by atoms with E-state index >= 15 is 0 Å². The van der Waals surface area contributed by atoms with Gasteiger partial charge in [0.05, 0.1) is 11.6 Å². The molecule has 8 heteroatoms. The summed E-state index contributed by atoms with van der Waals surface area (Å²) < 4.78 is 1.46. The van der Waals surface area contributed by atoms with E-state index in [0.717, 1.165) is 30.7 Å². The van der Waals surface area contributed by atoms with Crippen LogP contribution in [0.4, 0.5) is 10.6 Å². The first-order valence-electron chi connectivity index (χ1n) is 9.03. The third kappa shape index (κ3) is 3.68. The summed E-state index contributed by atoms with van der Waals surface area (Å²) in [6, 6.07) is 1.46. The molecule has 2 heterocycles. The van der Waals surface area contributed by atoms with Crippen LogP contribution in [0.5, 0.6) is 0 Å². The van der Waals surface area contributed by atoms with E-state index in [0.29, 0.717) is 5.82 Å². The maximum atomic E-state index is 12.3. The number of carbonyl (C=O) groups is 2. The molecule has 26 heavy (non-hydrogen) atoms. The molecule has 0 aromatic carbocycles. The summed E-state index contributed by atoms with van der Waals surface area (Å²) in [5, 5.41) is 10.1. The number of aliphatic imine (C=N–C) groups is 2. The Bertz CT molecular complexity index is 797. The van der Waals surface area contributed by atoms with Crippen molar-refractivity contribution in [1.82, 2.24) is 15.1 Å². The highest BCUT2D eigenvalue weighted by Crippen LogP contribution is 2.29. The molecule has 1 aliphatic carbocycles. The lowest BCUT2D eigenvalue weighted by Gasteiger charge is -2.16. The number of fused-ring (bicyclic) bond motifs is 1. The third-order valence-corrected chi connectivity index (χ3v) is 4.41. The molecule has 3 rings (SSSR count). The van der Waals surface area contributed by atoms with Crippen LogP contribution in [0, 0.1) is 5.92 Å². The predicted molar refractivity (Wildman–Crippen MR) is 101 cm³/mol. The molecule has 2 aliphatic rings. The number of carbonyl (C=O) groups excluding carboxylic acids is 2. The van der Waals surface area contributed by atoms with Crippen molar-refractivity contribution in [2.45, 2.75) is 65.3 Å². The monoisotopic (exact) mass is 358 g/mol. The van der Waals surface area contributed by atoms with Crippen molar-refractivity contribution in [3.63, 3.8) is 0 Å². The quantitative estimate of drug-likeness (QED) is 0.850. The van der Waals surface area contributed by atoms with Crippen molar-refractivity contribution < 1.29 is 9.59 Å². The van der Waals surface area contributed by atoms with E-state index in [1.165, 1.54) is 4.68 Å². The molecule has 1 aliphatic heterocycles. The Morgan fingerprint density at radius 1 is 1.31 bits per heavy atom. The summed E-state index contributed by atoms with van der Waals surface area (Å²) in [6.45, 7) is 9.86. The van der Waals surface area contributed by atoms with Crippen LogP contribution in [-0.2, 0) is 10.2 Å². The average molecular weight is 358 g/mol. The zero-order chi connectivity index (χ0) is 19.1. The molecule has 2 N–H and O–H groups in total. The van der Waals surface area contributed by atoms with Gasteiger partial charge in [0.15, 0.2) is 0 Å². The standard InChI is InChI=1S/C18H26N6O2/c1-10(2)19-17(26)21-14-9-13(18(3,4)5)23-24(14)16-20-12-8-6-7-11(12)15(25)22-16/h9-11H,6-8H2,1-5H3,(H2,19,21,26). The van der Waals surface area contributed by atoms with Gasteiger partial charge in [-0.1, -0.05) is 20.8 Å². The van der Waals surface area contributed by atoms with Crippen LogP contribution < -0.4 is 10.6 Å². The maximum absolute atomic E-state index is 12.3. The van der Waals surface area contributed by atoms with E-state index in [1.54, 1.807) is 6.07 Å². The van der Waals surface area contributed by atoms with E-state index < -0.39 is 0 Å². The molecule has 8 nitrogen and oxygen atoms in total. The van der Waals surface area contributed by atoms with Gasteiger partial charge in [-0.15, -0.1) is 0 Å². The summed E-state index contributed by atoms with van der Waals surface area (Å²) in [5.74, 6) is 0.309. The molecule has 140 valence electrons. The lowest BCUT2D eigenvalue weighted by Crippen LogP contribution is -2.35. The molecule has 1 aromatic rings. The number of aromatic nitrogens is 2. The van der Waals surface area contributed by atoms with Gasteiger partial charge < -0.3 is 5.32 Å². The second kappa shape index (κ2) is 6.66. The van der Waals surface area contributed by atoms with Gasteiger partial charge in [0, 0.05) is 23.2 Å². The number of amides is 3. The first kappa shape index (κ1) is 18.3. The highest BCUT2D eigenvalue weighted by atomic mass is 16.2. The Hall–Kier alpha value is -2.51. The minimum atomic E-state index is -0.337. The van der Waals surface area contributed by atoms with Crippen LogP contribution >= 0.6 is 0 Å². The minimum Gasteiger partial charge on any atom is -0.336 e. The summed E-state index contributed by atoms with van der Waals surface area (Å²) in [4.78, 5) is 33.2. The van der Waals surface area contributed by atoms with E-state index in [4.69, 9.17) is 0 Å². The molecule has 0 radical (unpaired) electrons. The average Bonchev–Trinajstić information content (AvgIpc) is 3.12. The molecule has 1 atom stereocenters. The molecular weight excluding hydrogens is 332 g/mol. The van der Waals surface area contributed by atoms with Gasteiger partial charge in [-0.05, 0) is 33.1 Å². The van der Waals surface area contributed by atoms with E-state index in [-0.39, 0.29) is 35.3 Å². The predicted octanol–water partition coefficient (Wildman–Crippen LogP) is 2.70. The SMILES string of the molecule is CC(C)NC(=O)Nc1cc(C(C)(C)C)nn1C1=NC(=O)C2CCCC2=N1. The summed E-state index contributed by atoms with van der Waals surface area (Å²) in [6.07, 6.45) is 2.56. The van der Waals surface area contributed by atoms with Gasteiger partial charge >= 0.3 is 6.03 Å². The van der Waals surface area contributed by atoms with Crippen LogP contribution in [0.25, 0.3) is 0 Å². The number of hydrogen-bond acceptors (Lipinski definition) is 4. The molecule has 0 saturated heterocycles. The topological polar surface area (TPSA) is 101 Å². The zero-order valence-electron chi connectivity index (χ0n) is 16.0. The lowest BCUT2D eigenvalue weighted by atomic mass is 9.92. The number of rotatable bonds is 2. The van der Waals surface area contributed by atoms with Crippen LogP contribution in [0.1, 0.15) is 59.6 Å². The van der Waals surface area contributed by atoms with Gasteiger partial charge in [-0.3, -0.25) is 10.1 Å². The second-order valence-electron chi connectivity index (χ2n) is 8.13. The van der Waals surface area contributed by atoms with Gasteiger partial charge in [0.1, 0.15) is 5.82 Å². The van der Waals surface area contributed by atoms with Gasteiger partial charge in [0.2, 0.25) is 0 Å². The first-order chi connectivity index (χ1) is 12.1. The highest BCUT2D eigenvalue weighted by molar-refractivity contribution is 6.17. The van der Waals surface area contributed by atoms with Crippen LogP contribution in [0.15, 0.2) is 16.1 Å². The summed E-state index contributed by atoms with van der Waals surface area (Å²) in [5.41, 5.74) is 1.42. The highest BCUT2D eigenvalue weighted by Gasteiger charge is 2.34. The fourth-order valence-corrected chi connectivity index (χ4v) is 3.06. The smallest absolute Gasteiger partial charge is 0.320 e. The van der Waals surface area contributed by atoms with E-state index in [9.17, 15) is 9.59 Å². The van der Waals surface area contributed by atoms with Gasteiger partial charge in [-0.2, -0.15) is 14.8 Å². The number of nitrogens with zero attached hydrogens (tertiary/aromatic N) is 4. The number of urea groups is 1. The van der Waals surface area contributed by atoms with Crippen molar-refractivity contribution in [1.29, 1.82) is 0 Å². The van der Waals surface area contributed by atoms with Crippen LogP contribution in [-0.4, -0.2) is 39.4 Å². The molecular formula is C18H26N6O2. The third-order valence-electron chi connectivity index (χ3n) is 4.41. The number of hydrogen-bond donors (Lipinski definition) is 2. The molecule has 1 unspecified atom stereocenters. The molecule has 0 bridgehead atoms. The Morgan fingerprint density at radius 3 is 2.69 bits per heavy atom. The van der Waals surface area contributed by atoms with Crippen molar-refractivity contribution in [3.8, 4) is 0 Å². The fraction of sp³-hybridized carbons (Fsp3) is 0.611. The van der Waals surface area contributed by atoms with Gasteiger partial charge in [0.25, 0.3) is 11.9 Å². The fourth-order valence-electron chi connectivity index (χ4n) is 3.06. The molecule has 1 aromatic heterocycles. The molecule has 1 saturated carbocycles. The molecule has 1 fully saturated rings. The Morgan fingerprint density at radius 2 is 2.04 bits per heavy atom. The largest absolute Gasteiger partial charge is 0.336 e. The van der Waals surface area contributed by atoms with Crippen molar-refractivity contribution in [2.24, 2.45) is 15.9 Å². The van der Waals surface area contributed by atoms with Gasteiger partial charge in [-0.25, -0.2) is 9.79 Å². The Labute approximate surface area is 153 Å².